The number of hydrogen-bond acceptors (Lipinski definition) is 0. The molecule has 32 aromatic carbocycles. The minimum absolute atomic E-state index is 0.527. The molecule has 4 aliphatic carbocycles. The third kappa shape index (κ3) is 2.86. The maximum atomic E-state index is 2.72. The van der Waals surface area contributed by atoms with Crippen LogP contribution in [0.2, 0.25) is 5.67 Å². The Kier molecular flexibility index (Phi) is 4.97. The van der Waals surface area contributed by atoms with Gasteiger partial charge in [0.05, 0.1) is 0 Å². The Morgan fingerprint density at radius 2 is 0.263 bits per heavy atom. The lowest BCUT2D eigenvalue weighted by atomic mass is 9.65. The summed E-state index contributed by atoms with van der Waals surface area (Å²) in [6.45, 7) is 31.0. The van der Waals surface area contributed by atoms with Gasteiger partial charge in [0, 0.05) is 10.1 Å². The van der Waals surface area contributed by atoms with Gasteiger partial charge in [0.15, 0.2) is 0 Å². The molecule has 0 nitrogen and oxygen atoms in total. The third-order valence-electron chi connectivity index (χ3n) is 33.5. The minimum Gasteiger partial charge on any atom is -0.0565 e. The van der Waals surface area contributed by atoms with E-state index >= 15 is 0 Å². The van der Waals surface area contributed by atoms with Crippen LogP contribution < -0.4 is 20.7 Å². The van der Waals surface area contributed by atoms with Gasteiger partial charge in [-0.1, -0.05) is 115 Å². The highest BCUT2D eigenvalue weighted by molar-refractivity contribution is 7.26. The quantitative estimate of drug-likeness (QED) is 0.122. The van der Waals surface area contributed by atoms with Crippen LogP contribution in [0, 0.1) is 83.1 Å². The second kappa shape index (κ2) is 11.0. The van der Waals surface area contributed by atoms with Crippen molar-refractivity contribution in [3.63, 3.8) is 0 Å². The molecular formula is C97H46Si2. The molecule has 1 aliphatic heterocycles. The average Bonchev–Trinajstić information content (AvgIpc) is 1.37. The van der Waals surface area contributed by atoms with Gasteiger partial charge in [-0.25, -0.2) is 0 Å². The normalized spacial score (nSPS) is 20.5. The lowest BCUT2D eigenvalue weighted by Gasteiger charge is -2.61. The van der Waals surface area contributed by atoms with Gasteiger partial charge in [0.2, 0.25) is 0 Å². The number of aryl methyl sites for hydroxylation is 12. The molecule has 1 heterocycles. The lowest BCUT2D eigenvalue weighted by molar-refractivity contribution is 0.569. The Morgan fingerprint density at radius 1 is 0.162 bits per heavy atom. The largest absolute Gasteiger partial charge is 0.133 e. The van der Waals surface area contributed by atoms with Crippen LogP contribution in [0.25, 0.3) is 291 Å². The molecule has 0 bridgehead atoms. The molecule has 0 amide bonds. The maximum Gasteiger partial charge on any atom is 0.133 e. The van der Waals surface area contributed by atoms with E-state index in [1.807, 2.05) is 22.3 Å². The van der Waals surface area contributed by atoms with E-state index in [0.29, 0.717) is 0 Å². The van der Waals surface area contributed by atoms with Crippen LogP contribution in [-0.2, 0) is 10.1 Å². The van der Waals surface area contributed by atoms with Crippen LogP contribution in [0.3, 0.4) is 0 Å². The zero-order valence-electron chi connectivity index (χ0n) is 56.3. The van der Waals surface area contributed by atoms with Crippen LogP contribution in [-0.4, -0.2) is 16.1 Å². The standard InChI is InChI=1S/C97H46Si2/c1-22-13-26(5)92(27(6)14-22)98(93-28(7)15-23(2)16-29(93)8)21-99(94-30(9)17-24(3)18-31(94)10,95-32(11)19-25(4)20-33(95)12)97-90-82-74-64-54-46-38-35-34-36-40-42(38)50-56-48(40)58-52-44(36)45-37(34)41-43-39(35)47(46)55-61-51(43)57-49(41)59-53(45)63-62(52)72-66(58)76-70(56)78(68(74)60(50)54)86(90)84(76)88-80(72)81-73(63)67(59)77-71(57)79-69(61)75(65(55)64)83(82)91(97)87(79)85(77)89(81)96(88,97)98/h13-20H,21H2,1-12H3. The van der Waals surface area contributed by atoms with Crippen molar-refractivity contribution in [2.45, 2.75) is 98.8 Å². The zero-order valence-corrected chi connectivity index (χ0v) is 58.3. The topological polar surface area (TPSA) is 0 Å². The van der Waals surface area contributed by atoms with Crippen molar-refractivity contribution < 1.29 is 0 Å². The summed E-state index contributed by atoms with van der Waals surface area (Å²) < 4.78 is 0. The van der Waals surface area contributed by atoms with Gasteiger partial charge in [0.1, 0.15) is 16.1 Å². The van der Waals surface area contributed by atoms with Crippen molar-refractivity contribution in [3.05, 3.63) is 138 Å². The molecule has 0 radical (unpaired) electrons. The molecule has 1 saturated heterocycles. The molecular weight excluding hydrogens is 1220 g/mol. The van der Waals surface area contributed by atoms with E-state index in [1.54, 1.807) is 356 Å². The SMILES string of the molecule is Cc1cc(C)c([Si]2(c3c(C)cc(C)cc3C)C[Si](c3c(C)cc(C)cc3C)(c3c(C)cc(C)cc3C)C34c5c6c7c8c9c%10c(c%11c%12c3c3c5c5c%13c6c6c7c7c9c9c%14c%10c%10c%11c%11c%12c%12c3c3c5c5c%13c%13c6c6c7c9c7c9c%14c%10c%10c%11c%11c%12c3c3c5c5c%13c6c7c6c9c%10c%11c3c56)C842)c(C)c1. The van der Waals surface area contributed by atoms with Crippen LogP contribution in [0.4, 0.5) is 0 Å². The molecule has 2 spiro atoms. The molecule has 0 aromatic heterocycles. The predicted molar refractivity (Wildman–Crippen MR) is 431 cm³/mol. The highest BCUT2D eigenvalue weighted by Crippen LogP contribution is 2.88. The summed E-state index contributed by atoms with van der Waals surface area (Å²) in [6, 6.07) is 21.8. The van der Waals surface area contributed by atoms with Crippen molar-refractivity contribution in [2.75, 3.05) is 0 Å². The first kappa shape index (κ1) is 44.6. The summed E-state index contributed by atoms with van der Waals surface area (Å²) in [4.78, 5) is 0. The molecule has 0 atom stereocenters. The molecule has 442 valence electrons. The number of hydrogen-bond donors (Lipinski definition) is 0. The van der Waals surface area contributed by atoms with Gasteiger partial charge in [-0.05, 0) is 423 Å². The average molecular weight is 1270 g/mol. The summed E-state index contributed by atoms with van der Waals surface area (Å²) in [5.74, 6) is 0. The first-order valence-corrected chi connectivity index (χ1v) is 41.7. The van der Waals surface area contributed by atoms with E-state index in [9.17, 15) is 0 Å². The molecule has 0 unspecified atom stereocenters. The fourth-order valence-electron chi connectivity index (χ4n) is 34.2. The third-order valence-corrected chi connectivity index (χ3v) is 48.9. The highest BCUT2D eigenvalue weighted by atomic mass is 28.4. The van der Waals surface area contributed by atoms with Crippen LogP contribution in [0.15, 0.2) is 48.5 Å². The van der Waals surface area contributed by atoms with Crippen LogP contribution in [0.1, 0.15) is 89.0 Å². The van der Waals surface area contributed by atoms with E-state index in [-0.39, 0.29) is 0 Å². The molecule has 99 heavy (non-hydrogen) atoms. The summed E-state index contributed by atoms with van der Waals surface area (Å²) in [7, 11) is -7.44. The first-order chi connectivity index (χ1) is 48.2. The summed E-state index contributed by atoms with van der Waals surface area (Å²) in [5, 5.41) is 96.8. The van der Waals surface area contributed by atoms with E-state index < -0.39 is 26.2 Å². The second-order valence-electron chi connectivity index (χ2n) is 36.3. The fourth-order valence-corrected chi connectivity index (χ4v) is 56.0. The molecule has 5 aliphatic rings. The maximum absolute atomic E-state index is 3.72. The van der Waals surface area contributed by atoms with Gasteiger partial charge in [-0.2, -0.15) is 0 Å². The van der Waals surface area contributed by atoms with Gasteiger partial charge in [0.25, 0.3) is 0 Å². The van der Waals surface area contributed by atoms with Crippen molar-refractivity contribution in [1.82, 2.24) is 0 Å². The summed E-state index contributed by atoms with van der Waals surface area (Å²) in [5.41, 5.74) is 26.6. The summed E-state index contributed by atoms with van der Waals surface area (Å²) in [6.07, 6.45) is 0. The lowest BCUT2D eigenvalue weighted by Crippen LogP contribution is -2.78. The molecule has 32 aromatic rings. The molecule has 0 N–H and O–H groups in total. The highest BCUT2D eigenvalue weighted by Gasteiger charge is 2.88. The Morgan fingerprint density at radius 3 is 0.374 bits per heavy atom. The van der Waals surface area contributed by atoms with E-state index in [0.717, 1.165) is 0 Å². The molecule has 37 rings (SSSR count). The first-order valence-electron chi connectivity index (χ1n) is 37.3. The second-order valence-corrected chi connectivity index (χ2v) is 44.9. The Hall–Kier alpha value is -10.2. The zero-order chi connectivity index (χ0) is 63.1. The van der Waals surface area contributed by atoms with Crippen molar-refractivity contribution in [1.29, 1.82) is 0 Å². The van der Waals surface area contributed by atoms with Crippen LogP contribution in [0.5, 0.6) is 0 Å². The van der Waals surface area contributed by atoms with Crippen molar-refractivity contribution >= 4 is 328 Å². The van der Waals surface area contributed by atoms with E-state index in [2.05, 4.69) is 132 Å². The van der Waals surface area contributed by atoms with Crippen molar-refractivity contribution in [3.8, 4) is 0 Å². The molecule has 2 heteroatoms. The monoisotopic (exact) mass is 1270 g/mol. The Bertz CT molecular complexity index is 8450. The van der Waals surface area contributed by atoms with Crippen LogP contribution >= 0.6 is 0 Å². The van der Waals surface area contributed by atoms with Gasteiger partial charge in [-0.15, -0.1) is 0 Å². The molecule has 0 saturated carbocycles. The minimum atomic E-state index is -3.72. The molecule has 1 fully saturated rings. The van der Waals surface area contributed by atoms with E-state index in [4.69, 9.17) is 0 Å². The van der Waals surface area contributed by atoms with Gasteiger partial charge in [-0.3, -0.25) is 0 Å². The Balaban J connectivity index is 1.03. The summed E-state index contributed by atoms with van der Waals surface area (Å²) >= 11 is 0. The number of benzene rings is 22. The number of rotatable bonds is 4. The van der Waals surface area contributed by atoms with Gasteiger partial charge >= 0.3 is 0 Å². The fraction of sp³-hybridized carbons (Fsp3) is 0.155. The van der Waals surface area contributed by atoms with Gasteiger partial charge < -0.3 is 0 Å². The van der Waals surface area contributed by atoms with E-state index in [1.165, 1.54) is 27.9 Å². The smallest absolute Gasteiger partial charge is 0.0565 e. The Labute approximate surface area is 560 Å². The predicted octanol–water partition coefficient (Wildman–Crippen LogP) is 23.2. The van der Waals surface area contributed by atoms with Crippen molar-refractivity contribution in [2.24, 2.45) is 0 Å².